The van der Waals surface area contributed by atoms with Crippen LogP contribution in [0, 0.1) is 6.92 Å². The van der Waals surface area contributed by atoms with E-state index in [1.54, 1.807) is 14.2 Å². The number of nitrogens with one attached hydrogen (secondary N) is 1. The van der Waals surface area contributed by atoms with Gasteiger partial charge < -0.3 is 14.5 Å². The van der Waals surface area contributed by atoms with Gasteiger partial charge in [-0.2, -0.15) is 0 Å². The van der Waals surface area contributed by atoms with E-state index in [1.807, 2.05) is 58.9 Å². The first-order valence-electron chi connectivity index (χ1n) is 10.1. The summed E-state index contributed by atoms with van der Waals surface area (Å²) in [5.74, 6) is 1.30. The van der Waals surface area contributed by atoms with Crippen molar-refractivity contribution in [3.63, 3.8) is 0 Å². The Morgan fingerprint density at radius 2 is 1.88 bits per heavy atom. The van der Waals surface area contributed by atoms with Gasteiger partial charge in [-0.25, -0.2) is 4.79 Å². The van der Waals surface area contributed by atoms with Gasteiger partial charge in [0.15, 0.2) is 11.9 Å². The van der Waals surface area contributed by atoms with Crippen molar-refractivity contribution < 1.29 is 14.3 Å². The Labute approximate surface area is 193 Å². The van der Waals surface area contributed by atoms with Crippen molar-refractivity contribution in [2.45, 2.75) is 25.7 Å². The van der Waals surface area contributed by atoms with Crippen LogP contribution in [0.25, 0.3) is 11.4 Å². The quantitative estimate of drug-likeness (QED) is 0.596. The zero-order chi connectivity index (χ0) is 22.6. The van der Waals surface area contributed by atoms with E-state index in [4.69, 9.17) is 4.74 Å². The second-order valence-corrected chi connectivity index (χ2v) is 8.83. The van der Waals surface area contributed by atoms with Gasteiger partial charge in [0.1, 0.15) is 11.9 Å². The second kappa shape index (κ2) is 7.63. The number of anilines is 1. The summed E-state index contributed by atoms with van der Waals surface area (Å²) in [5, 5.41) is 11.3. The Morgan fingerprint density at radius 1 is 1.12 bits per heavy atom. The van der Waals surface area contributed by atoms with Gasteiger partial charge in [0.2, 0.25) is 5.95 Å². The molecule has 0 saturated carbocycles. The zero-order valence-corrected chi connectivity index (χ0v) is 19.3. The number of hydrogen-bond donors (Lipinski definition) is 1. The molecule has 2 aliphatic heterocycles. The molecular formula is C22H21BrN6O3. The number of likely N-dealkylation sites (N-methyl/N-ethyl adjacent to an activating group) is 1. The number of urea groups is 1. The predicted octanol–water partition coefficient (Wildman–Crippen LogP) is 3.09. The maximum atomic E-state index is 13.0. The van der Waals surface area contributed by atoms with Gasteiger partial charge in [-0.3, -0.25) is 14.7 Å². The lowest BCUT2D eigenvalue weighted by Crippen LogP contribution is -2.61. The van der Waals surface area contributed by atoms with E-state index in [0.717, 1.165) is 15.6 Å². The normalized spacial score (nSPS) is 19.6. The topological polar surface area (TPSA) is 92.6 Å². The molecule has 32 heavy (non-hydrogen) atoms. The van der Waals surface area contributed by atoms with Gasteiger partial charge in [-0.1, -0.05) is 45.8 Å². The van der Waals surface area contributed by atoms with Crippen LogP contribution in [0.5, 0.6) is 5.75 Å². The molecule has 5 rings (SSSR count). The average Bonchev–Trinajstić information content (AvgIpc) is 3.33. The van der Waals surface area contributed by atoms with Crippen molar-refractivity contribution in [3.05, 3.63) is 58.1 Å². The largest absolute Gasteiger partial charge is 0.496 e. The Balaban J connectivity index is 1.67. The fraction of sp³-hybridized carbons (Fsp3) is 0.273. The lowest BCUT2D eigenvalue weighted by molar-refractivity contribution is -0.124. The molecular weight excluding hydrogens is 476 g/mol. The van der Waals surface area contributed by atoms with E-state index < -0.39 is 18.2 Å². The van der Waals surface area contributed by atoms with E-state index in [0.29, 0.717) is 29.6 Å². The summed E-state index contributed by atoms with van der Waals surface area (Å²) in [6.45, 7) is 2.48. The van der Waals surface area contributed by atoms with E-state index in [-0.39, 0.29) is 5.91 Å². The third kappa shape index (κ3) is 3.13. The Hall–Kier alpha value is -3.40. The van der Waals surface area contributed by atoms with Crippen molar-refractivity contribution in [1.82, 2.24) is 25.0 Å². The van der Waals surface area contributed by atoms with E-state index >= 15 is 0 Å². The number of aromatic nitrogens is 3. The Morgan fingerprint density at radius 3 is 2.59 bits per heavy atom. The molecule has 10 heteroatoms. The molecule has 3 amide bonds. The van der Waals surface area contributed by atoms with Crippen molar-refractivity contribution in [1.29, 1.82) is 0 Å². The van der Waals surface area contributed by atoms with Gasteiger partial charge in [0.25, 0.3) is 5.91 Å². The van der Waals surface area contributed by atoms with Crippen LogP contribution in [0.2, 0.25) is 0 Å². The molecule has 3 aromatic rings. The van der Waals surface area contributed by atoms with Crippen LogP contribution in [0.1, 0.15) is 17.3 Å². The highest BCUT2D eigenvalue weighted by Gasteiger charge is 2.52. The van der Waals surface area contributed by atoms with Crippen LogP contribution in [-0.2, 0) is 11.3 Å². The molecule has 1 fully saturated rings. The molecule has 1 aromatic heterocycles. The Bertz CT molecular complexity index is 1220. The van der Waals surface area contributed by atoms with Crippen molar-refractivity contribution >= 4 is 33.8 Å². The number of fused-ring (bicyclic) bond motifs is 3. The highest BCUT2D eigenvalue weighted by molar-refractivity contribution is 9.10. The Kier molecular flexibility index (Phi) is 4.89. The zero-order valence-electron chi connectivity index (χ0n) is 17.7. The first-order chi connectivity index (χ1) is 15.4. The minimum absolute atomic E-state index is 0.358. The van der Waals surface area contributed by atoms with E-state index in [2.05, 4.69) is 31.4 Å². The van der Waals surface area contributed by atoms with Gasteiger partial charge >= 0.3 is 6.03 Å². The maximum absolute atomic E-state index is 13.0. The van der Waals surface area contributed by atoms with Crippen LogP contribution in [0.3, 0.4) is 0 Å². The smallest absolute Gasteiger partial charge is 0.325 e. The number of imide groups is 1. The third-order valence-electron chi connectivity index (χ3n) is 5.91. The van der Waals surface area contributed by atoms with Crippen molar-refractivity contribution in [2.75, 3.05) is 19.1 Å². The summed E-state index contributed by atoms with van der Waals surface area (Å²) in [6.07, 6.45) is -0.592. The number of halogens is 1. The van der Waals surface area contributed by atoms with Gasteiger partial charge in [-0.05, 0) is 30.7 Å². The molecule has 2 aromatic carbocycles. The number of carbonyl (C=O) groups excluding carboxylic acids is 2. The van der Waals surface area contributed by atoms with Crippen molar-refractivity contribution in [2.24, 2.45) is 0 Å². The summed E-state index contributed by atoms with van der Waals surface area (Å²) >= 11 is 3.50. The fourth-order valence-electron chi connectivity index (χ4n) is 4.30. The number of benzene rings is 2. The molecule has 1 N–H and O–H groups in total. The second-order valence-electron chi connectivity index (χ2n) is 7.92. The molecule has 3 heterocycles. The minimum Gasteiger partial charge on any atom is -0.496 e. The molecule has 2 aliphatic rings. The number of rotatable bonds is 4. The van der Waals surface area contributed by atoms with E-state index in [1.165, 1.54) is 4.90 Å². The lowest BCUT2D eigenvalue weighted by atomic mass is 10.1. The number of hydrogen-bond acceptors (Lipinski definition) is 6. The van der Waals surface area contributed by atoms with Gasteiger partial charge in [0.05, 0.1) is 12.7 Å². The number of methoxy groups -OCH3 is 1. The molecule has 0 spiro atoms. The molecule has 2 atom stereocenters. The maximum Gasteiger partial charge on any atom is 0.325 e. The molecule has 164 valence electrons. The molecule has 0 bridgehead atoms. The first kappa shape index (κ1) is 20.5. The molecule has 9 nitrogen and oxygen atoms in total. The third-order valence-corrected chi connectivity index (χ3v) is 6.40. The molecule has 0 aliphatic carbocycles. The minimum atomic E-state index is -0.638. The van der Waals surface area contributed by atoms with Gasteiger partial charge in [0, 0.05) is 18.1 Å². The summed E-state index contributed by atoms with van der Waals surface area (Å²) in [7, 11) is 3.25. The fourth-order valence-corrected chi connectivity index (χ4v) is 4.66. The molecule has 2 unspecified atom stereocenters. The van der Waals surface area contributed by atoms with Crippen LogP contribution >= 0.6 is 15.9 Å². The monoisotopic (exact) mass is 496 g/mol. The summed E-state index contributed by atoms with van der Waals surface area (Å²) in [4.78, 5) is 28.9. The number of amides is 3. The van der Waals surface area contributed by atoms with Crippen LogP contribution < -0.4 is 15.0 Å². The van der Waals surface area contributed by atoms with Crippen LogP contribution in [-0.4, -0.2) is 51.8 Å². The number of nitrogens with zero attached hydrogens (tertiary/aromatic N) is 5. The highest BCUT2D eigenvalue weighted by atomic mass is 79.9. The number of ether oxygens (including phenoxy) is 1. The first-order valence-corrected chi connectivity index (χ1v) is 10.9. The number of carbonyl (C=O) groups is 2. The number of aryl methyl sites for hydroxylation is 1. The highest BCUT2D eigenvalue weighted by Crippen LogP contribution is 2.43. The van der Waals surface area contributed by atoms with Gasteiger partial charge in [-0.15, -0.1) is 10.2 Å². The van der Waals surface area contributed by atoms with Crippen LogP contribution in [0.4, 0.5) is 10.7 Å². The van der Waals surface area contributed by atoms with Crippen molar-refractivity contribution in [3.8, 4) is 17.1 Å². The van der Waals surface area contributed by atoms with E-state index in [9.17, 15) is 9.59 Å². The lowest BCUT2D eigenvalue weighted by Gasteiger charge is -2.37. The summed E-state index contributed by atoms with van der Waals surface area (Å²) in [5.41, 5.74) is 2.89. The predicted molar refractivity (Wildman–Crippen MR) is 121 cm³/mol. The standard InChI is InChI=1S/C22H21BrN6O3/c1-12-4-6-13(7-5-12)11-28-17-19(30)24-22(31)27(2)20(17)29-18(25-26-21(28)29)15-10-14(23)8-9-16(15)32-3/h4-10,17,20H,11H2,1-3H3,(H,24,30,31). The van der Waals surface area contributed by atoms with Crippen LogP contribution in [0.15, 0.2) is 46.9 Å². The summed E-state index contributed by atoms with van der Waals surface area (Å²) < 4.78 is 8.24. The summed E-state index contributed by atoms with van der Waals surface area (Å²) in [6, 6.07) is 12.6. The molecule has 0 radical (unpaired) electrons. The SMILES string of the molecule is COc1ccc(Br)cc1-c1nnc2n1C1C(C(=O)NC(=O)N1C)N2Cc1ccc(C)cc1. The molecule has 1 saturated heterocycles. The average molecular weight is 497 g/mol.